The Balaban J connectivity index is 2.06. The topological polar surface area (TPSA) is 69.6 Å². The normalized spacial score (nSPS) is 19.1. The van der Waals surface area contributed by atoms with Crippen LogP contribution in [0.5, 0.6) is 0 Å². The molecule has 5 nitrogen and oxygen atoms in total. The van der Waals surface area contributed by atoms with Crippen molar-refractivity contribution in [2.45, 2.75) is 64.7 Å². The van der Waals surface area contributed by atoms with Gasteiger partial charge in [-0.2, -0.15) is 0 Å². The Morgan fingerprint density at radius 1 is 1.14 bits per heavy atom. The van der Waals surface area contributed by atoms with E-state index >= 15 is 0 Å². The highest BCUT2D eigenvalue weighted by Crippen LogP contribution is 2.20. The lowest BCUT2D eigenvalue weighted by Crippen LogP contribution is -2.40. The van der Waals surface area contributed by atoms with Crippen LogP contribution in [-0.4, -0.2) is 41.6 Å². The number of unbranched alkanes of at least 4 members (excludes halogenated alkanes) is 3. The van der Waals surface area contributed by atoms with Crippen molar-refractivity contribution in [3.8, 4) is 0 Å². The van der Waals surface area contributed by atoms with Crippen LogP contribution in [0.4, 0.5) is 4.79 Å². The molecule has 1 aliphatic heterocycles. The van der Waals surface area contributed by atoms with E-state index in [1.165, 1.54) is 12.8 Å². The quantitative estimate of drug-likeness (QED) is 0.676. The van der Waals surface area contributed by atoms with E-state index in [-0.39, 0.29) is 12.5 Å². The van der Waals surface area contributed by atoms with Gasteiger partial charge in [-0.3, -0.25) is 4.79 Å². The predicted octanol–water partition coefficient (Wildman–Crippen LogP) is 3.24. The Bertz CT molecular complexity index is 321. The maximum atomic E-state index is 12.1. The second-order valence-electron chi connectivity index (χ2n) is 5.98. The first-order chi connectivity index (χ1) is 10.1. The number of carbonyl (C=O) groups excluding carboxylic acids is 1. The molecule has 1 atom stereocenters. The van der Waals surface area contributed by atoms with Gasteiger partial charge in [-0.05, 0) is 38.0 Å². The van der Waals surface area contributed by atoms with Gasteiger partial charge in [-0.25, -0.2) is 4.79 Å². The summed E-state index contributed by atoms with van der Waals surface area (Å²) in [5, 5.41) is 11.5. The molecular formula is C16H30N2O3. The predicted molar refractivity (Wildman–Crippen MR) is 83.3 cm³/mol. The zero-order valence-corrected chi connectivity index (χ0v) is 13.3. The molecule has 0 aliphatic carbocycles. The molecule has 0 radical (unpaired) electrons. The van der Waals surface area contributed by atoms with Crippen LogP contribution in [0, 0.1) is 5.92 Å². The average Bonchev–Trinajstić information content (AvgIpc) is 2.71. The van der Waals surface area contributed by atoms with E-state index < -0.39 is 5.97 Å². The molecule has 0 bridgehead atoms. The number of amides is 2. The summed E-state index contributed by atoms with van der Waals surface area (Å²) in [5.41, 5.74) is 0. The Hall–Kier alpha value is -1.26. The van der Waals surface area contributed by atoms with Crippen molar-refractivity contribution >= 4 is 12.0 Å². The van der Waals surface area contributed by atoms with Crippen molar-refractivity contribution in [1.82, 2.24) is 10.2 Å². The summed E-state index contributed by atoms with van der Waals surface area (Å²) in [4.78, 5) is 24.4. The lowest BCUT2D eigenvalue weighted by atomic mass is 9.98. The molecule has 0 aromatic heterocycles. The number of hydrogen-bond acceptors (Lipinski definition) is 2. The van der Waals surface area contributed by atoms with Crippen LogP contribution in [-0.2, 0) is 4.79 Å². The van der Waals surface area contributed by atoms with Crippen LogP contribution in [0.3, 0.4) is 0 Å². The van der Waals surface area contributed by atoms with Crippen molar-refractivity contribution in [2.24, 2.45) is 5.92 Å². The van der Waals surface area contributed by atoms with E-state index in [2.05, 4.69) is 12.2 Å². The zero-order valence-electron chi connectivity index (χ0n) is 13.3. The third-order valence-electron chi connectivity index (χ3n) is 4.31. The van der Waals surface area contributed by atoms with Gasteiger partial charge in [0.25, 0.3) is 0 Å². The first-order valence-corrected chi connectivity index (χ1v) is 8.38. The van der Waals surface area contributed by atoms with Crippen molar-refractivity contribution in [3.05, 3.63) is 0 Å². The minimum Gasteiger partial charge on any atom is -0.481 e. The van der Waals surface area contributed by atoms with E-state index in [1.54, 1.807) is 0 Å². The number of nitrogens with one attached hydrogen (secondary N) is 1. The van der Waals surface area contributed by atoms with Crippen molar-refractivity contribution < 1.29 is 14.7 Å². The van der Waals surface area contributed by atoms with Gasteiger partial charge < -0.3 is 15.3 Å². The van der Waals surface area contributed by atoms with Crippen LogP contribution in [0.15, 0.2) is 0 Å². The highest BCUT2D eigenvalue weighted by atomic mass is 16.4. The Morgan fingerprint density at radius 2 is 1.90 bits per heavy atom. The fraction of sp³-hybridized carbons (Fsp3) is 0.875. The number of carboxylic acids is 1. The third-order valence-corrected chi connectivity index (χ3v) is 4.31. The molecule has 5 heteroatoms. The second-order valence-corrected chi connectivity index (χ2v) is 5.98. The van der Waals surface area contributed by atoms with Crippen molar-refractivity contribution in [3.63, 3.8) is 0 Å². The standard InChI is InChI=1S/C16H30N2O3/c1-2-14-8-7-12-18(13-10-14)16(21)17-11-6-4-3-5-9-15(19)20/h14H,2-13H2,1H3,(H,17,21)(H,19,20). The summed E-state index contributed by atoms with van der Waals surface area (Å²) in [6, 6.07) is 0.0669. The van der Waals surface area contributed by atoms with E-state index in [0.29, 0.717) is 6.54 Å². The van der Waals surface area contributed by atoms with E-state index in [4.69, 9.17) is 5.11 Å². The van der Waals surface area contributed by atoms with Crippen molar-refractivity contribution in [2.75, 3.05) is 19.6 Å². The number of hydrogen-bond donors (Lipinski definition) is 2. The molecule has 122 valence electrons. The molecule has 1 fully saturated rings. The molecule has 0 aromatic carbocycles. The van der Waals surface area contributed by atoms with Crippen LogP contribution in [0.1, 0.15) is 64.7 Å². The first-order valence-electron chi connectivity index (χ1n) is 8.38. The molecule has 1 saturated heterocycles. The molecule has 0 saturated carbocycles. The number of nitrogens with zero attached hydrogens (tertiary/aromatic N) is 1. The fourth-order valence-corrected chi connectivity index (χ4v) is 2.84. The van der Waals surface area contributed by atoms with Gasteiger partial charge in [-0.15, -0.1) is 0 Å². The molecule has 1 heterocycles. The van der Waals surface area contributed by atoms with Gasteiger partial charge in [0.2, 0.25) is 0 Å². The molecule has 0 aromatic rings. The van der Waals surface area contributed by atoms with E-state index in [9.17, 15) is 9.59 Å². The fourth-order valence-electron chi connectivity index (χ4n) is 2.84. The zero-order chi connectivity index (χ0) is 15.5. The van der Waals surface area contributed by atoms with Crippen LogP contribution < -0.4 is 5.32 Å². The Labute approximate surface area is 128 Å². The van der Waals surface area contributed by atoms with Gasteiger partial charge in [0, 0.05) is 26.1 Å². The smallest absolute Gasteiger partial charge is 0.317 e. The number of carboxylic acid groups (broad SMARTS) is 1. The van der Waals surface area contributed by atoms with Gasteiger partial charge in [-0.1, -0.05) is 26.2 Å². The largest absolute Gasteiger partial charge is 0.481 e. The second kappa shape index (κ2) is 10.5. The summed E-state index contributed by atoms with van der Waals surface area (Å²) < 4.78 is 0. The number of likely N-dealkylation sites (tertiary alicyclic amines) is 1. The highest BCUT2D eigenvalue weighted by molar-refractivity contribution is 5.74. The Morgan fingerprint density at radius 3 is 2.62 bits per heavy atom. The average molecular weight is 298 g/mol. The minimum absolute atomic E-state index is 0.0669. The number of urea groups is 1. The summed E-state index contributed by atoms with van der Waals surface area (Å²) in [5.74, 6) is 0.0480. The summed E-state index contributed by atoms with van der Waals surface area (Å²) in [6.07, 6.45) is 8.49. The van der Waals surface area contributed by atoms with Gasteiger partial charge in [0.05, 0.1) is 0 Å². The summed E-state index contributed by atoms with van der Waals surface area (Å²) >= 11 is 0. The Kier molecular flexibility index (Phi) is 8.87. The first kappa shape index (κ1) is 17.8. The molecule has 1 unspecified atom stereocenters. The van der Waals surface area contributed by atoms with Gasteiger partial charge in [0.1, 0.15) is 0 Å². The number of rotatable bonds is 8. The SMILES string of the molecule is CCC1CCCN(C(=O)NCCCCCCC(=O)O)CC1. The summed E-state index contributed by atoms with van der Waals surface area (Å²) in [7, 11) is 0. The molecule has 2 N–H and O–H groups in total. The monoisotopic (exact) mass is 298 g/mol. The van der Waals surface area contributed by atoms with E-state index in [0.717, 1.165) is 57.5 Å². The molecule has 0 spiro atoms. The lowest BCUT2D eigenvalue weighted by molar-refractivity contribution is -0.137. The van der Waals surface area contributed by atoms with Crippen LogP contribution >= 0.6 is 0 Å². The van der Waals surface area contributed by atoms with Gasteiger partial charge in [0.15, 0.2) is 0 Å². The highest BCUT2D eigenvalue weighted by Gasteiger charge is 2.19. The number of aliphatic carboxylic acids is 1. The molecule has 1 aliphatic rings. The lowest BCUT2D eigenvalue weighted by Gasteiger charge is -2.21. The van der Waals surface area contributed by atoms with E-state index in [1.807, 2.05) is 4.90 Å². The molecule has 21 heavy (non-hydrogen) atoms. The molecular weight excluding hydrogens is 268 g/mol. The number of carbonyl (C=O) groups is 2. The van der Waals surface area contributed by atoms with Crippen LogP contribution in [0.2, 0.25) is 0 Å². The summed E-state index contributed by atoms with van der Waals surface area (Å²) in [6.45, 7) is 4.67. The minimum atomic E-state index is -0.727. The van der Waals surface area contributed by atoms with Gasteiger partial charge >= 0.3 is 12.0 Å². The van der Waals surface area contributed by atoms with Crippen molar-refractivity contribution in [1.29, 1.82) is 0 Å². The van der Waals surface area contributed by atoms with Crippen LogP contribution in [0.25, 0.3) is 0 Å². The third kappa shape index (κ3) is 7.93. The maximum absolute atomic E-state index is 12.1. The maximum Gasteiger partial charge on any atom is 0.317 e. The molecule has 1 rings (SSSR count). The molecule has 2 amide bonds.